The largest absolute Gasteiger partial charge is 0.462 e. The zero-order chi connectivity index (χ0) is 25.5. The Bertz CT molecular complexity index is 1570. The molecule has 0 fully saturated rings. The summed E-state index contributed by atoms with van der Waals surface area (Å²) < 4.78 is 48.9. The molecule has 13 heteroatoms. The van der Waals surface area contributed by atoms with Gasteiger partial charge in [0.25, 0.3) is 5.56 Å². The predicted molar refractivity (Wildman–Crippen MR) is 120 cm³/mol. The average Bonchev–Trinajstić information content (AvgIpc) is 3.16. The Morgan fingerprint density at radius 2 is 1.91 bits per heavy atom. The third-order valence-electron chi connectivity index (χ3n) is 5.25. The quantitative estimate of drug-likeness (QED) is 0.385. The van der Waals surface area contributed by atoms with Crippen molar-refractivity contribution in [3.63, 3.8) is 0 Å². The Kier molecular flexibility index (Phi) is 6.24. The predicted octanol–water partition coefficient (Wildman–Crippen LogP) is 3.18. The first kappa shape index (κ1) is 24.2. The number of hydrogen-bond acceptors (Lipinski definition) is 6. The molecule has 2 heterocycles. The normalized spacial score (nSPS) is 11.7. The summed E-state index contributed by atoms with van der Waals surface area (Å²) in [6.07, 6.45) is -3.84. The van der Waals surface area contributed by atoms with Crippen molar-refractivity contribution in [2.45, 2.75) is 19.6 Å². The van der Waals surface area contributed by atoms with Crippen molar-refractivity contribution in [3.05, 3.63) is 85.1 Å². The number of benzene rings is 2. The minimum Gasteiger partial charge on any atom is -0.462 e. The molecule has 0 unspecified atom stereocenters. The first-order valence-electron chi connectivity index (χ1n) is 10.2. The number of carbonyl (C=O) groups is 1. The molecule has 0 amide bonds. The third-order valence-corrected chi connectivity index (χ3v) is 5.57. The van der Waals surface area contributed by atoms with E-state index in [2.05, 4.69) is 10.3 Å². The molecule has 0 aliphatic heterocycles. The van der Waals surface area contributed by atoms with Crippen LogP contribution in [0.25, 0.3) is 16.7 Å². The second kappa shape index (κ2) is 9.02. The van der Waals surface area contributed by atoms with Crippen molar-refractivity contribution in [3.8, 4) is 5.69 Å². The molecular weight excluding hydrogens is 491 g/mol. The van der Waals surface area contributed by atoms with Crippen molar-refractivity contribution in [2.24, 2.45) is 7.05 Å². The summed E-state index contributed by atoms with van der Waals surface area (Å²) in [7, 11) is 1.67. The fourth-order valence-electron chi connectivity index (χ4n) is 3.64. The summed E-state index contributed by atoms with van der Waals surface area (Å²) in [6.45, 7) is 0.680. The minimum absolute atomic E-state index is 0.0600. The number of carbonyl (C=O) groups excluding carboxylic acids is 1. The molecule has 0 spiro atoms. The van der Waals surface area contributed by atoms with Crippen LogP contribution in [-0.4, -0.2) is 36.7 Å². The molecular formula is C22H17ClF3N5O4. The van der Waals surface area contributed by atoms with E-state index in [-0.39, 0.29) is 12.3 Å². The second-order valence-corrected chi connectivity index (χ2v) is 7.87. The molecule has 0 saturated heterocycles. The smallest absolute Gasteiger partial charge is 0.418 e. The van der Waals surface area contributed by atoms with Crippen molar-refractivity contribution in [2.75, 3.05) is 6.61 Å². The van der Waals surface area contributed by atoms with Crippen LogP contribution in [0.5, 0.6) is 0 Å². The number of alkyl halides is 3. The van der Waals surface area contributed by atoms with Gasteiger partial charge in [0.05, 0.1) is 34.9 Å². The molecule has 4 aromatic rings. The van der Waals surface area contributed by atoms with Gasteiger partial charge in [0.15, 0.2) is 0 Å². The van der Waals surface area contributed by atoms with Crippen molar-refractivity contribution < 1.29 is 22.7 Å². The van der Waals surface area contributed by atoms with E-state index in [4.69, 9.17) is 16.3 Å². The minimum atomic E-state index is -4.84. The van der Waals surface area contributed by atoms with Gasteiger partial charge in [-0.3, -0.25) is 13.9 Å². The summed E-state index contributed by atoms with van der Waals surface area (Å²) >= 11 is 5.79. The molecule has 0 atom stereocenters. The topological polar surface area (TPSA) is 101 Å². The molecule has 0 N–H and O–H groups in total. The maximum atomic E-state index is 13.7. The van der Waals surface area contributed by atoms with Crippen LogP contribution in [-0.2, 0) is 24.5 Å². The van der Waals surface area contributed by atoms with Crippen molar-refractivity contribution in [1.29, 1.82) is 0 Å². The van der Waals surface area contributed by atoms with Crippen LogP contribution < -0.4 is 11.2 Å². The Morgan fingerprint density at radius 1 is 1.17 bits per heavy atom. The molecule has 182 valence electrons. The molecule has 0 aliphatic carbocycles. The first-order chi connectivity index (χ1) is 16.5. The van der Waals surface area contributed by atoms with Gasteiger partial charge < -0.3 is 4.74 Å². The van der Waals surface area contributed by atoms with Gasteiger partial charge in [-0.2, -0.15) is 13.2 Å². The molecule has 2 aromatic heterocycles. The number of aromatic nitrogens is 5. The molecule has 0 saturated carbocycles. The van der Waals surface area contributed by atoms with Crippen molar-refractivity contribution in [1.82, 2.24) is 24.1 Å². The van der Waals surface area contributed by atoms with E-state index in [1.54, 1.807) is 13.1 Å². The van der Waals surface area contributed by atoms with E-state index in [0.29, 0.717) is 15.6 Å². The Balaban J connectivity index is 1.96. The van der Waals surface area contributed by atoms with Gasteiger partial charge in [0.1, 0.15) is 11.1 Å². The molecule has 4 rings (SSSR count). The highest BCUT2D eigenvalue weighted by atomic mass is 35.5. The van der Waals surface area contributed by atoms with Crippen LogP contribution in [0.3, 0.4) is 0 Å². The van der Waals surface area contributed by atoms with E-state index in [0.717, 1.165) is 22.9 Å². The second-order valence-electron chi connectivity index (χ2n) is 7.46. The van der Waals surface area contributed by atoms with Gasteiger partial charge in [-0.15, -0.1) is 5.10 Å². The molecule has 0 radical (unpaired) electrons. The molecule has 35 heavy (non-hydrogen) atoms. The van der Waals surface area contributed by atoms with Gasteiger partial charge >= 0.3 is 17.8 Å². The van der Waals surface area contributed by atoms with Gasteiger partial charge in [-0.25, -0.2) is 14.3 Å². The van der Waals surface area contributed by atoms with Crippen LogP contribution in [0.15, 0.2) is 52.2 Å². The number of aryl methyl sites for hydroxylation is 1. The maximum absolute atomic E-state index is 13.7. The highest BCUT2D eigenvalue weighted by Crippen LogP contribution is 2.37. The van der Waals surface area contributed by atoms with Gasteiger partial charge in [-0.05, 0) is 36.8 Å². The molecule has 0 aliphatic rings. The van der Waals surface area contributed by atoms with Crippen LogP contribution in [0.2, 0.25) is 5.02 Å². The summed E-state index contributed by atoms with van der Waals surface area (Å²) in [4.78, 5) is 38.9. The number of nitrogens with zero attached hydrogens (tertiary/aromatic N) is 5. The number of hydrogen-bond donors (Lipinski definition) is 0. The van der Waals surface area contributed by atoms with Gasteiger partial charge in [0.2, 0.25) is 0 Å². The number of fused-ring (bicyclic) bond motifs is 1. The Morgan fingerprint density at radius 3 is 2.60 bits per heavy atom. The zero-order valence-corrected chi connectivity index (χ0v) is 19.1. The average molecular weight is 508 g/mol. The van der Waals surface area contributed by atoms with Gasteiger partial charge in [0, 0.05) is 13.2 Å². The third kappa shape index (κ3) is 4.44. The van der Waals surface area contributed by atoms with E-state index in [9.17, 15) is 27.6 Å². The van der Waals surface area contributed by atoms with Crippen LogP contribution in [0.4, 0.5) is 13.2 Å². The lowest BCUT2D eigenvalue weighted by Crippen LogP contribution is -2.42. The van der Waals surface area contributed by atoms with E-state index < -0.39 is 51.7 Å². The van der Waals surface area contributed by atoms with Crippen LogP contribution >= 0.6 is 11.6 Å². The summed E-state index contributed by atoms with van der Waals surface area (Å²) in [5.74, 6) is -1.03. The van der Waals surface area contributed by atoms with Gasteiger partial charge in [-0.1, -0.05) is 28.9 Å². The standard InChI is InChI=1S/C22H17ClF3N5O4/c1-3-35-20(33)14-11-30(13-7-8-17-16(9-13)27-28-29(17)2)21(34)31(19(14)32)10-12-5-4-6-15(23)18(12)22(24,25)26/h4-9,11H,3,10H2,1-2H3. The van der Waals surface area contributed by atoms with Crippen LogP contribution in [0, 0.1) is 0 Å². The maximum Gasteiger partial charge on any atom is 0.418 e. The van der Waals surface area contributed by atoms with E-state index >= 15 is 0 Å². The fraction of sp³-hybridized carbons (Fsp3) is 0.227. The summed E-state index contributed by atoms with van der Waals surface area (Å²) in [6, 6.07) is 8.07. The van der Waals surface area contributed by atoms with E-state index in [1.165, 1.54) is 29.8 Å². The number of rotatable bonds is 5. The lowest BCUT2D eigenvalue weighted by Gasteiger charge is -2.17. The monoisotopic (exact) mass is 507 g/mol. The highest BCUT2D eigenvalue weighted by molar-refractivity contribution is 6.31. The number of ether oxygens (including phenoxy) is 1. The lowest BCUT2D eigenvalue weighted by atomic mass is 10.1. The molecule has 0 bridgehead atoms. The lowest BCUT2D eigenvalue weighted by molar-refractivity contribution is -0.138. The molecule has 9 nitrogen and oxygen atoms in total. The van der Waals surface area contributed by atoms with Crippen molar-refractivity contribution >= 4 is 28.6 Å². The number of halogens is 4. The fourth-order valence-corrected chi connectivity index (χ4v) is 3.94. The summed E-state index contributed by atoms with van der Waals surface area (Å²) in [5.41, 5.74) is -2.91. The highest BCUT2D eigenvalue weighted by Gasteiger charge is 2.36. The Hall–Kier alpha value is -3.93. The van der Waals surface area contributed by atoms with Crippen LogP contribution in [0.1, 0.15) is 28.4 Å². The molecule has 2 aromatic carbocycles. The SMILES string of the molecule is CCOC(=O)c1cn(-c2ccc3c(c2)nnn3C)c(=O)n(Cc2cccc(Cl)c2C(F)(F)F)c1=O. The zero-order valence-electron chi connectivity index (χ0n) is 18.3. The first-order valence-corrected chi connectivity index (χ1v) is 10.6. The number of esters is 1. The summed E-state index contributed by atoms with van der Waals surface area (Å²) in [5, 5.41) is 7.27. The van der Waals surface area contributed by atoms with E-state index in [1.807, 2.05) is 0 Å². The Labute approximate surface area is 199 Å².